The minimum absolute atomic E-state index is 0.0309. The lowest BCUT2D eigenvalue weighted by Crippen LogP contribution is -2.53. The molecule has 0 aliphatic carbocycles. The third kappa shape index (κ3) is 6.90. The van der Waals surface area contributed by atoms with Crippen molar-refractivity contribution >= 4 is 29.0 Å². The van der Waals surface area contributed by atoms with Gasteiger partial charge in [-0.15, -0.1) is 11.3 Å². The van der Waals surface area contributed by atoms with Gasteiger partial charge in [-0.1, -0.05) is 36.4 Å². The van der Waals surface area contributed by atoms with Crippen molar-refractivity contribution in [2.24, 2.45) is 5.10 Å². The molecule has 0 saturated carbocycles. The van der Waals surface area contributed by atoms with E-state index in [9.17, 15) is 9.59 Å². The fourth-order valence-electron chi connectivity index (χ4n) is 4.24. The summed E-state index contributed by atoms with van der Waals surface area (Å²) in [6, 6.07) is 13.6. The Morgan fingerprint density at radius 2 is 1.89 bits per heavy atom. The van der Waals surface area contributed by atoms with Crippen LogP contribution in [0.25, 0.3) is 0 Å². The lowest BCUT2D eigenvalue weighted by molar-refractivity contribution is -0.133. The second kappa shape index (κ2) is 11.3. The van der Waals surface area contributed by atoms with Crippen LogP contribution < -0.4 is 5.32 Å². The Morgan fingerprint density at radius 3 is 2.54 bits per heavy atom. The quantitative estimate of drug-likeness (QED) is 0.635. The summed E-state index contributed by atoms with van der Waals surface area (Å²) in [6.45, 7) is 10.00. The highest BCUT2D eigenvalue weighted by Crippen LogP contribution is 2.33. The molecule has 0 bridgehead atoms. The number of benzene rings is 1. The van der Waals surface area contributed by atoms with E-state index in [1.807, 2.05) is 68.6 Å². The van der Waals surface area contributed by atoms with Gasteiger partial charge >= 0.3 is 6.03 Å². The van der Waals surface area contributed by atoms with Crippen LogP contribution in [0.15, 0.2) is 52.9 Å². The molecule has 2 aliphatic heterocycles. The number of thiophene rings is 1. The molecule has 35 heavy (non-hydrogen) atoms. The summed E-state index contributed by atoms with van der Waals surface area (Å²) in [7, 11) is 0. The van der Waals surface area contributed by atoms with E-state index in [2.05, 4.69) is 10.2 Å². The van der Waals surface area contributed by atoms with Crippen molar-refractivity contribution in [2.75, 3.05) is 45.9 Å². The molecular weight excluding hydrogens is 462 g/mol. The standard InChI is InChI=1S/C26H35N5O3S/c1-26(2,3)27-25(33)30(12-11-29-13-15-34-16-14-29)19-24(32)31-22(20-8-5-4-6-9-20)18-21(28-31)23-10-7-17-35-23/h4-10,17,22H,11-16,18-19H2,1-3H3,(H,27,33)/t22-/m1/s1. The van der Waals surface area contributed by atoms with E-state index < -0.39 is 5.54 Å². The molecule has 0 unspecified atom stereocenters. The van der Waals surface area contributed by atoms with Gasteiger partial charge in [0.15, 0.2) is 0 Å². The monoisotopic (exact) mass is 497 g/mol. The summed E-state index contributed by atoms with van der Waals surface area (Å²) in [5.41, 5.74) is 1.54. The highest BCUT2D eigenvalue weighted by molar-refractivity contribution is 7.12. The van der Waals surface area contributed by atoms with Crippen LogP contribution in [0.3, 0.4) is 0 Å². The third-order valence-corrected chi connectivity index (χ3v) is 6.96. The molecule has 1 saturated heterocycles. The molecule has 3 heterocycles. The molecule has 1 N–H and O–H groups in total. The van der Waals surface area contributed by atoms with Gasteiger partial charge in [0.05, 0.1) is 29.8 Å². The minimum Gasteiger partial charge on any atom is -0.379 e. The zero-order valence-corrected chi connectivity index (χ0v) is 21.6. The topological polar surface area (TPSA) is 77.5 Å². The van der Waals surface area contributed by atoms with Gasteiger partial charge < -0.3 is 15.0 Å². The fourth-order valence-corrected chi connectivity index (χ4v) is 4.96. The zero-order chi connectivity index (χ0) is 24.8. The van der Waals surface area contributed by atoms with E-state index in [-0.39, 0.29) is 24.5 Å². The van der Waals surface area contributed by atoms with Crippen molar-refractivity contribution in [3.05, 3.63) is 58.3 Å². The van der Waals surface area contributed by atoms with E-state index in [1.165, 1.54) is 0 Å². The number of rotatable bonds is 7. The van der Waals surface area contributed by atoms with Crippen molar-refractivity contribution in [3.8, 4) is 0 Å². The van der Waals surface area contributed by atoms with Crippen molar-refractivity contribution in [1.82, 2.24) is 20.1 Å². The third-order valence-electron chi connectivity index (χ3n) is 6.04. The Balaban J connectivity index is 1.52. The molecule has 1 atom stereocenters. The van der Waals surface area contributed by atoms with Gasteiger partial charge in [-0.25, -0.2) is 9.80 Å². The number of nitrogens with zero attached hydrogens (tertiary/aromatic N) is 4. The first-order valence-electron chi connectivity index (χ1n) is 12.2. The number of hydrogen-bond acceptors (Lipinski definition) is 6. The van der Waals surface area contributed by atoms with Gasteiger partial charge in [0.2, 0.25) is 0 Å². The largest absolute Gasteiger partial charge is 0.379 e. The highest BCUT2D eigenvalue weighted by Gasteiger charge is 2.35. The van der Waals surface area contributed by atoms with Crippen molar-refractivity contribution in [3.63, 3.8) is 0 Å². The first kappa shape index (κ1) is 25.3. The maximum absolute atomic E-state index is 13.6. The SMILES string of the molecule is CC(C)(C)NC(=O)N(CCN1CCOCC1)CC(=O)N1N=C(c2cccs2)C[C@@H]1c1ccccc1. The van der Waals surface area contributed by atoms with Gasteiger partial charge in [0, 0.05) is 38.1 Å². The van der Waals surface area contributed by atoms with E-state index in [0.29, 0.717) is 32.7 Å². The average Bonchev–Trinajstić information content (AvgIpc) is 3.52. The summed E-state index contributed by atoms with van der Waals surface area (Å²) in [5, 5.41) is 11.4. The number of ether oxygens (including phenoxy) is 1. The molecule has 9 heteroatoms. The van der Waals surface area contributed by atoms with Crippen molar-refractivity contribution in [1.29, 1.82) is 0 Å². The maximum Gasteiger partial charge on any atom is 0.318 e. The number of hydrogen-bond donors (Lipinski definition) is 1. The van der Waals surface area contributed by atoms with Gasteiger partial charge in [0.1, 0.15) is 6.54 Å². The van der Waals surface area contributed by atoms with Crippen LogP contribution in [0.1, 0.15) is 43.7 Å². The molecule has 2 aromatic rings. The van der Waals surface area contributed by atoms with Crippen LogP contribution in [-0.2, 0) is 9.53 Å². The predicted molar refractivity (Wildman–Crippen MR) is 139 cm³/mol. The number of amides is 3. The van der Waals surface area contributed by atoms with Gasteiger partial charge in [-0.2, -0.15) is 5.10 Å². The zero-order valence-electron chi connectivity index (χ0n) is 20.8. The minimum atomic E-state index is -0.401. The number of carbonyl (C=O) groups excluding carboxylic acids is 2. The van der Waals surface area contributed by atoms with Crippen LogP contribution >= 0.6 is 11.3 Å². The average molecular weight is 498 g/mol. The van der Waals surface area contributed by atoms with Crippen LogP contribution in [0.2, 0.25) is 0 Å². The maximum atomic E-state index is 13.6. The molecule has 1 aromatic heterocycles. The molecule has 8 nitrogen and oxygen atoms in total. The van der Waals surface area contributed by atoms with Crippen LogP contribution in [0, 0.1) is 0 Å². The highest BCUT2D eigenvalue weighted by atomic mass is 32.1. The van der Waals surface area contributed by atoms with E-state index in [1.54, 1.807) is 21.2 Å². The van der Waals surface area contributed by atoms with Crippen molar-refractivity contribution < 1.29 is 14.3 Å². The van der Waals surface area contributed by atoms with Gasteiger partial charge in [-0.3, -0.25) is 9.69 Å². The smallest absolute Gasteiger partial charge is 0.318 e. The predicted octanol–water partition coefficient (Wildman–Crippen LogP) is 3.57. The second-order valence-corrected chi connectivity index (χ2v) is 10.9. The Kier molecular flexibility index (Phi) is 8.20. The molecule has 188 valence electrons. The molecule has 1 fully saturated rings. The summed E-state index contributed by atoms with van der Waals surface area (Å²) in [4.78, 5) is 31.7. The first-order valence-corrected chi connectivity index (χ1v) is 13.0. The fraction of sp³-hybridized carbons (Fsp3) is 0.500. The van der Waals surface area contributed by atoms with Gasteiger partial charge in [-0.05, 0) is 37.8 Å². The molecule has 2 aliphatic rings. The van der Waals surface area contributed by atoms with Crippen LogP contribution in [-0.4, -0.2) is 83.9 Å². The normalized spacial score (nSPS) is 18.9. The first-order chi connectivity index (χ1) is 16.8. The second-order valence-electron chi connectivity index (χ2n) is 9.95. The van der Waals surface area contributed by atoms with E-state index in [0.717, 1.165) is 29.2 Å². The lowest BCUT2D eigenvalue weighted by atomic mass is 10.0. The number of hydrazone groups is 1. The molecule has 3 amide bonds. The number of nitrogens with one attached hydrogen (secondary N) is 1. The number of carbonyl (C=O) groups is 2. The Labute approximate surface area is 211 Å². The lowest BCUT2D eigenvalue weighted by Gasteiger charge is -2.32. The van der Waals surface area contributed by atoms with Gasteiger partial charge in [0.25, 0.3) is 5.91 Å². The van der Waals surface area contributed by atoms with Crippen molar-refractivity contribution in [2.45, 2.75) is 38.8 Å². The molecular formula is C26H35N5O3S. The number of urea groups is 1. The van der Waals surface area contributed by atoms with E-state index in [4.69, 9.17) is 9.84 Å². The molecule has 4 rings (SSSR count). The summed E-state index contributed by atoms with van der Waals surface area (Å²) in [6.07, 6.45) is 0.651. The molecule has 1 aromatic carbocycles. The Morgan fingerprint density at radius 1 is 1.14 bits per heavy atom. The summed E-state index contributed by atoms with van der Waals surface area (Å²) < 4.78 is 5.44. The van der Waals surface area contributed by atoms with Crippen LogP contribution in [0.5, 0.6) is 0 Å². The summed E-state index contributed by atoms with van der Waals surface area (Å²) >= 11 is 1.62. The Bertz CT molecular complexity index is 1010. The molecule has 0 radical (unpaired) electrons. The van der Waals surface area contributed by atoms with Crippen LogP contribution in [0.4, 0.5) is 4.79 Å². The number of morpholine rings is 1. The summed E-state index contributed by atoms with van der Waals surface area (Å²) in [5.74, 6) is -0.184. The van der Waals surface area contributed by atoms with E-state index >= 15 is 0 Å². The molecule has 0 spiro atoms. The Hall–Kier alpha value is -2.75.